The van der Waals surface area contributed by atoms with E-state index in [1.165, 1.54) is 47.9 Å². The minimum atomic E-state index is 1.01. The molecule has 0 spiro atoms. The molecule has 1 aromatic heterocycles. The first-order chi connectivity index (χ1) is 7.72. The molecule has 3 heteroatoms. The molecule has 0 N–H and O–H groups in total. The normalized spacial score (nSPS) is 29.9. The Labute approximate surface area is 102 Å². The standard InChI is InChI=1S/C13H20N2S/c1-9-13(16-10(2)14-9)8-15-6-11-4-3-5-12(11)7-15/h11-12H,3-8H2,1-2H3. The van der Waals surface area contributed by atoms with Gasteiger partial charge in [-0.1, -0.05) is 6.42 Å². The SMILES string of the molecule is Cc1nc(C)c(CN2CC3CCCC3C2)s1. The van der Waals surface area contributed by atoms with Crippen LogP contribution >= 0.6 is 11.3 Å². The Morgan fingerprint density at radius 2 is 1.94 bits per heavy atom. The van der Waals surface area contributed by atoms with Crippen molar-refractivity contribution in [3.05, 3.63) is 15.6 Å². The molecule has 1 saturated heterocycles. The van der Waals surface area contributed by atoms with E-state index in [2.05, 4.69) is 23.7 Å². The molecule has 1 aromatic rings. The lowest BCUT2D eigenvalue weighted by Crippen LogP contribution is -2.20. The lowest BCUT2D eigenvalue weighted by atomic mass is 10.0. The van der Waals surface area contributed by atoms with E-state index in [1.807, 2.05) is 11.3 Å². The molecular formula is C13H20N2S. The molecule has 2 heterocycles. The monoisotopic (exact) mass is 236 g/mol. The summed E-state index contributed by atoms with van der Waals surface area (Å²) in [6, 6.07) is 0. The molecule has 2 fully saturated rings. The molecule has 0 aromatic carbocycles. The van der Waals surface area contributed by atoms with Crippen molar-refractivity contribution in [1.82, 2.24) is 9.88 Å². The van der Waals surface area contributed by atoms with Crippen molar-refractivity contribution in [3.8, 4) is 0 Å². The van der Waals surface area contributed by atoms with Gasteiger partial charge >= 0.3 is 0 Å². The number of hydrogen-bond acceptors (Lipinski definition) is 3. The number of thiazole rings is 1. The van der Waals surface area contributed by atoms with Crippen LogP contribution in [0.4, 0.5) is 0 Å². The molecule has 16 heavy (non-hydrogen) atoms. The van der Waals surface area contributed by atoms with E-state index in [1.54, 1.807) is 0 Å². The van der Waals surface area contributed by atoms with Crippen LogP contribution in [0, 0.1) is 25.7 Å². The smallest absolute Gasteiger partial charge is 0.0900 e. The Morgan fingerprint density at radius 3 is 2.50 bits per heavy atom. The molecule has 1 saturated carbocycles. The topological polar surface area (TPSA) is 16.1 Å². The lowest BCUT2D eigenvalue weighted by molar-refractivity contribution is 0.305. The van der Waals surface area contributed by atoms with Crippen molar-refractivity contribution in [1.29, 1.82) is 0 Å². The first kappa shape index (κ1) is 10.7. The van der Waals surface area contributed by atoms with Gasteiger partial charge in [0.1, 0.15) is 0 Å². The molecule has 2 unspecified atom stereocenters. The molecule has 2 nitrogen and oxygen atoms in total. The zero-order valence-electron chi connectivity index (χ0n) is 10.2. The maximum absolute atomic E-state index is 4.52. The minimum Gasteiger partial charge on any atom is -0.298 e. The van der Waals surface area contributed by atoms with Gasteiger partial charge in [-0.05, 0) is 38.5 Å². The third-order valence-corrected chi connectivity index (χ3v) is 5.23. The summed E-state index contributed by atoms with van der Waals surface area (Å²) < 4.78 is 0. The van der Waals surface area contributed by atoms with E-state index in [9.17, 15) is 0 Å². The summed E-state index contributed by atoms with van der Waals surface area (Å²) in [5, 5.41) is 1.21. The maximum atomic E-state index is 4.52. The van der Waals surface area contributed by atoms with Crippen molar-refractivity contribution in [3.63, 3.8) is 0 Å². The molecule has 2 atom stereocenters. The summed E-state index contributed by atoms with van der Waals surface area (Å²) in [7, 11) is 0. The van der Waals surface area contributed by atoms with Crippen LogP contribution in [-0.4, -0.2) is 23.0 Å². The minimum absolute atomic E-state index is 1.01. The number of fused-ring (bicyclic) bond motifs is 1. The van der Waals surface area contributed by atoms with E-state index in [0.717, 1.165) is 18.4 Å². The van der Waals surface area contributed by atoms with Crippen LogP contribution in [-0.2, 0) is 6.54 Å². The fourth-order valence-electron chi connectivity index (χ4n) is 3.38. The Hall–Kier alpha value is -0.410. The summed E-state index contributed by atoms with van der Waals surface area (Å²) in [6.07, 6.45) is 4.42. The van der Waals surface area contributed by atoms with Gasteiger partial charge in [0.15, 0.2) is 0 Å². The van der Waals surface area contributed by atoms with Crippen molar-refractivity contribution in [2.75, 3.05) is 13.1 Å². The fraction of sp³-hybridized carbons (Fsp3) is 0.769. The number of likely N-dealkylation sites (tertiary alicyclic amines) is 1. The number of nitrogens with zero attached hydrogens (tertiary/aromatic N) is 2. The van der Waals surface area contributed by atoms with Gasteiger partial charge in [0.2, 0.25) is 0 Å². The zero-order chi connectivity index (χ0) is 11.1. The van der Waals surface area contributed by atoms with Crippen LogP contribution in [0.25, 0.3) is 0 Å². The number of hydrogen-bond donors (Lipinski definition) is 0. The van der Waals surface area contributed by atoms with Crippen molar-refractivity contribution in [2.45, 2.75) is 39.7 Å². The predicted octanol–water partition coefficient (Wildman–Crippen LogP) is 2.99. The Kier molecular flexibility index (Phi) is 2.76. The van der Waals surface area contributed by atoms with E-state index >= 15 is 0 Å². The molecule has 0 bridgehead atoms. The number of aromatic nitrogens is 1. The summed E-state index contributed by atoms with van der Waals surface area (Å²) in [4.78, 5) is 8.65. The first-order valence-corrected chi connectivity index (χ1v) is 7.19. The van der Waals surface area contributed by atoms with E-state index in [-0.39, 0.29) is 0 Å². The van der Waals surface area contributed by atoms with E-state index in [0.29, 0.717) is 0 Å². The molecule has 0 radical (unpaired) electrons. The van der Waals surface area contributed by atoms with E-state index < -0.39 is 0 Å². The molecule has 2 aliphatic rings. The molecular weight excluding hydrogens is 216 g/mol. The predicted molar refractivity (Wildman–Crippen MR) is 67.7 cm³/mol. The summed E-state index contributed by atoms with van der Waals surface area (Å²) in [6.45, 7) is 8.07. The average molecular weight is 236 g/mol. The first-order valence-electron chi connectivity index (χ1n) is 6.37. The van der Waals surface area contributed by atoms with Gasteiger partial charge in [-0.25, -0.2) is 4.98 Å². The van der Waals surface area contributed by atoms with Gasteiger partial charge in [-0.15, -0.1) is 11.3 Å². The van der Waals surface area contributed by atoms with Crippen molar-refractivity contribution in [2.24, 2.45) is 11.8 Å². The second-order valence-electron chi connectivity index (χ2n) is 5.39. The van der Waals surface area contributed by atoms with Crippen LogP contribution in [0.1, 0.15) is 34.8 Å². The van der Waals surface area contributed by atoms with E-state index in [4.69, 9.17) is 0 Å². The van der Waals surface area contributed by atoms with Gasteiger partial charge in [0.25, 0.3) is 0 Å². The fourth-order valence-corrected chi connectivity index (χ4v) is 4.36. The summed E-state index contributed by atoms with van der Waals surface area (Å²) in [5.74, 6) is 2.02. The van der Waals surface area contributed by atoms with Gasteiger partial charge < -0.3 is 0 Å². The van der Waals surface area contributed by atoms with Gasteiger partial charge in [-0.2, -0.15) is 0 Å². The van der Waals surface area contributed by atoms with Gasteiger partial charge in [0.05, 0.1) is 10.7 Å². The second-order valence-corrected chi connectivity index (χ2v) is 6.67. The number of rotatable bonds is 2. The quantitative estimate of drug-likeness (QED) is 0.785. The van der Waals surface area contributed by atoms with Gasteiger partial charge in [-0.3, -0.25) is 4.90 Å². The van der Waals surface area contributed by atoms with Crippen LogP contribution in [0.15, 0.2) is 0 Å². The third-order valence-electron chi connectivity index (χ3n) is 4.17. The Balaban J connectivity index is 1.66. The van der Waals surface area contributed by atoms with Crippen LogP contribution in [0.3, 0.4) is 0 Å². The highest BCUT2D eigenvalue weighted by Crippen LogP contribution is 2.38. The largest absolute Gasteiger partial charge is 0.298 e. The zero-order valence-corrected chi connectivity index (χ0v) is 11.0. The highest BCUT2D eigenvalue weighted by molar-refractivity contribution is 7.11. The van der Waals surface area contributed by atoms with Crippen LogP contribution in [0.2, 0.25) is 0 Å². The Bertz CT molecular complexity index is 373. The Morgan fingerprint density at radius 1 is 1.25 bits per heavy atom. The molecule has 1 aliphatic carbocycles. The lowest BCUT2D eigenvalue weighted by Gasteiger charge is -2.15. The summed E-state index contributed by atoms with van der Waals surface area (Å²) in [5.41, 5.74) is 1.25. The highest BCUT2D eigenvalue weighted by Gasteiger charge is 2.36. The molecule has 0 amide bonds. The van der Waals surface area contributed by atoms with Crippen LogP contribution < -0.4 is 0 Å². The molecule has 3 rings (SSSR count). The molecule has 1 aliphatic heterocycles. The van der Waals surface area contributed by atoms with Gasteiger partial charge in [0, 0.05) is 24.5 Å². The maximum Gasteiger partial charge on any atom is 0.0900 e. The average Bonchev–Trinajstić information content (AvgIpc) is 2.82. The van der Waals surface area contributed by atoms with Crippen molar-refractivity contribution >= 4 is 11.3 Å². The van der Waals surface area contributed by atoms with Crippen molar-refractivity contribution < 1.29 is 0 Å². The second kappa shape index (κ2) is 4.11. The summed E-state index contributed by atoms with van der Waals surface area (Å²) >= 11 is 1.88. The number of aryl methyl sites for hydroxylation is 2. The third kappa shape index (κ3) is 1.91. The highest BCUT2D eigenvalue weighted by atomic mass is 32.1. The van der Waals surface area contributed by atoms with Crippen LogP contribution in [0.5, 0.6) is 0 Å². The molecule has 88 valence electrons.